The van der Waals surface area contributed by atoms with Gasteiger partial charge in [0.1, 0.15) is 6.04 Å². The summed E-state index contributed by atoms with van der Waals surface area (Å²) in [6, 6.07) is 11.6. The van der Waals surface area contributed by atoms with Crippen molar-refractivity contribution in [3.8, 4) is 0 Å². The standard InChI is InChI=1S/C26H30N4O4/c1-16(2)18-6-8-20(9-7-18)30-25(33)21(27-26(30)34)10-11-23(31)28-13-17-12-19(15-28)22-4-3-5-24(32)29(22)14-17/h3-9,16-17,19,21H,10-15H2,1-2H3,(H,27,34)/t17-,19+,21+/m0/s1. The lowest BCUT2D eigenvalue weighted by atomic mass is 9.83. The van der Waals surface area contributed by atoms with Gasteiger partial charge in [0.15, 0.2) is 0 Å². The molecule has 8 nitrogen and oxygen atoms in total. The van der Waals surface area contributed by atoms with E-state index in [-0.39, 0.29) is 42.1 Å². The quantitative estimate of drug-likeness (QED) is 0.692. The van der Waals surface area contributed by atoms with Crippen LogP contribution in [0.1, 0.15) is 56.2 Å². The van der Waals surface area contributed by atoms with Gasteiger partial charge in [-0.05, 0) is 48.4 Å². The minimum atomic E-state index is -0.704. The van der Waals surface area contributed by atoms with E-state index in [2.05, 4.69) is 19.2 Å². The van der Waals surface area contributed by atoms with Crippen molar-refractivity contribution < 1.29 is 14.4 Å². The van der Waals surface area contributed by atoms with E-state index in [4.69, 9.17) is 0 Å². The van der Waals surface area contributed by atoms with Crippen LogP contribution in [0.4, 0.5) is 10.5 Å². The van der Waals surface area contributed by atoms with E-state index in [9.17, 15) is 19.2 Å². The average Bonchev–Trinajstić information content (AvgIpc) is 3.11. The summed E-state index contributed by atoms with van der Waals surface area (Å²) in [5, 5.41) is 2.74. The molecule has 2 aromatic rings. The molecule has 2 saturated heterocycles. The lowest BCUT2D eigenvalue weighted by Gasteiger charge is -2.42. The summed E-state index contributed by atoms with van der Waals surface area (Å²) in [5.41, 5.74) is 2.69. The normalized spacial score (nSPS) is 23.8. The molecule has 0 spiro atoms. The van der Waals surface area contributed by atoms with Crippen LogP contribution in [0.2, 0.25) is 0 Å². The molecule has 4 amide bonds. The summed E-state index contributed by atoms with van der Waals surface area (Å²) < 4.78 is 1.84. The van der Waals surface area contributed by atoms with Gasteiger partial charge in [0.05, 0.1) is 5.69 Å². The Kier molecular flexibility index (Phi) is 5.75. The van der Waals surface area contributed by atoms with Gasteiger partial charge < -0.3 is 14.8 Å². The highest BCUT2D eigenvalue weighted by Crippen LogP contribution is 2.35. The van der Waals surface area contributed by atoms with Gasteiger partial charge in [0, 0.05) is 43.7 Å². The summed E-state index contributed by atoms with van der Waals surface area (Å²) >= 11 is 0. The van der Waals surface area contributed by atoms with Gasteiger partial charge in [0.25, 0.3) is 11.5 Å². The van der Waals surface area contributed by atoms with Gasteiger partial charge in [-0.25, -0.2) is 9.69 Å². The van der Waals surface area contributed by atoms with Crippen LogP contribution in [0.25, 0.3) is 0 Å². The van der Waals surface area contributed by atoms with Gasteiger partial charge in [-0.2, -0.15) is 0 Å². The number of imide groups is 1. The van der Waals surface area contributed by atoms with Crippen LogP contribution in [0.3, 0.4) is 0 Å². The molecular formula is C26H30N4O4. The van der Waals surface area contributed by atoms with Crippen LogP contribution < -0.4 is 15.8 Å². The van der Waals surface area contributed by atoms with Crippen molar-refractivity contribution >= 4 is 23.5 Å². The van der Waals surface area contributed by atoms with Crippen molar-refractivity contribution in [2.24, 2.45) is 5.92 Å². The van der Waals surface area contributed by atoms with Gasteiger partial charge in [0.2, 0.25) is 5.91 Å². The Balaban J connectivity index is 1.21. The molecule has 1 aromatic heterocycles. The Morgan fingerprint density at radius 1 is 1.03 bits per heavy atom. The largest absolute Gasteiger partial charge is 0.342 e. The van der Waals surface area contributed by atoms with Crippen LogP contribution in [-0.2, 0) is 16.1 Å². The molecule has 1 aromatic carbocycles. The van der Waals surface area contributed by atoms with Crippen LogP contribution >= 0.6 is 0 Å². The molecule has 34 heavy (non-hydrogen) atoms. The van der Waals surface area contributed by atoms with Gasteiger partial charge >= 0.3 is 6.03 Å². The first-order chi connectivity index (χ1) is 16.3. The van der Waals surface area contributed by atoms with Crippen molar-refractivity contribution in [1.82, 2.24) is 14.8 Å². The molecule has 3 aliphatic rings. The van der Waals surface area contributed by atoms with Gasteiger partial charge in [-0.1, -0.05) is 32.0 Å². The lowest BCUT2D eigenvalue weighted by molar-refractivity contribution is -0.134. The number of fused-ring (bicyclic) bond motifs is 4. The van der Waals surface area contributed by atoms with E-state index >= 15 is 0 Å². The zero-order valence-corrected chi connectivity index (χ0v) is 19.6. The van der Waals surface area contributed by atoms with Gasteiger partial charge in [-0.15, -0.1) is 0 Å². The highest BCUT2D eigenvalue weighted by molar-refractivity contribution is 6.21. The number of likely N-dealkylation sites (tertiary alicyclic amines) is 1. The van der Waals surface area contributed by atoms with E-state index < -0.39 is 12.1 Å². The molecule has 178 valence electrons. The number of hydrogen-bond donors (Lipinski definition) is 1. The topological polar surface area (TPSA) is 91.7 Å². The molecule has 8 heteroatoms. The monoisotopic (exact) mass is 462 g/mol. The number of rotatable bonds is 5. The molecule has 4 heterocycles. The van der Waals surface area contributed by atoms with Crippen molar-refractivity contribution in [2.45, 2.75) is 57.5 Å². The Bertz CT molecular complexity index is 1190. The predicted octanol–water partition coefficient (Wildman–Crippen LogP) is 2.82. The second-order valence-electron chi connectivity index (χ2n) is 9.96. The number of piperidine rings is 1. The third-order valence-electron chi connectivity index (χ3n) is 7.32. The minimum absolute atomic E-state index is 0.0109. The number of carbonyl (C=O) groups excluding carboxylic acids is 3. The van der Waals surface area contributed by atoms with Crippen LogP contribution in [-0.4, -0.2) is 46.4 Å². The van der Waals surface area contributed by atoms with E-state index in [1.807, 2.05) is 27.7 Å². The van der Waals surface area contributed by atoms with E-state index in [1.54, 1.807) is 24.3 Å². The number of nitrogens with one attached hydrogen (secondary N) is 1. The highest BCUT2D eigenvalue weighted by atomic mass is 16.2. The number of benzene rings is 1. The van der Waals surface area contributed by atoms with E-state index in [0.29, 0.717) is 31.2 Å². The van der Waals surface area contributed by atoms with Crippen molar-refractivity contribution in [3.63, 3.8) is 0 Å². The summed E-state index contributed by atoms with van der Waals surface area (Å²) in [6.45, 7) is 6.01. The summed E-state index contributed by atoms with van der Waals surface area (Å²) in [4.78, 5) is 53.7. The molecule has 5 rings (SSSR count). The average molecular weight is 463 g/mol. The molecule has 2 bridgehead atoms. The van der Waals surface area contributed by atoms with Crippen molar-refractivity contribution in [2.75, 3.05) is 18.0 Å². The van der Waals surface area contributed by atoms with Crippen LogP contribution in [0, 0.1) is 5.92 Å². The molecular weight excluding hydrogens is 432 g/mol. The molecule has 0 radical (unpaired) electrons. The van der Waals surface area contributed by atoms with Crippen molar-refractivity contribution in [1.29, 1.82) is 0 Å². The number of hydrogen-bond acceptors (Lipinski definition) is 4. The van der Waals surface area contributed by atoms with Crippen molar-refractivity contribution in [3.05, 3.63) is 64.1 Å². The third kappa shape index (κ3) is 4.02. The number of amides is 4. The summed E-state index contributed by atoms with van der Waals surface area (Å²) in [7, 11) is 0. The molecule has 3 aliphatic heterocycles. The number of anilines is 1. The smallest absolute Gasteiger partial charge is 0.329 e. The SMILES string of the molecule is CC(C)c1ccc(N2C(=O)N[C@H](CCC(=O)N3C[C@@H]4C[C@H](C3)c3cccc(=O)n3C4)C2=O)cc1. The zero-order chi connectivity index (χ0) is 24.0. The Morgan fingerprint density at radius 2 is 1.79 bits per heavy atom. The number of pyridine rings is 1. The predicted molar refractivity (Wildman–Crippen MR) is 128 cm³/mol. The maximum absolute atomic E-state index is 13.0. The summed E-state index contributed by atoms with van der Waals surface area (Å²) in [5.74, 6) is 0.441. The Morgan fingerprint density at radius 3 is 2.53 bits per heavy atom. The number of nitrogens with zero attached hydrogens (tertiary/aromatic N) is 3. The minimum Gasteiger partial charge on any atom is -0.342 e. The van der Waals surface area contributed by atoms with Crippen LogP contribution in [0.5, 0.6) is 0 Å². The number of aromatic nitrogens is 1. The second-order valence-corrected chi connectivity index (χ2v) is 9.96. The maximum Gasteiger partial charge on any atom is 0.329 e. The Hall–Kier alpha value is -3.42. The number of urea groups is 1. The first-order valence-electron chi connectivity index (χ1n) is 12.0. The number of carbonyl (C=O) groups is 3. The zero-order valence-electron chi connectivity index (χ0n) is 19.6. The van der Waals surface area contributed by atoms with E-state index in [1.165, 1.54) is 4.90 Å². The molecule has 0 aliphatic carbocycles. The lowest BCUT2D eigenvalue weighted by Crippen LogP contribution is -2.49. The molecule has 2 fully saturated rings. The fourth-order valence-corrected chi connectivity index (χ4v) is 5.51. The van der Waals surface area contributed by atoms with Gasteiger partial charge in [-0.3, -0.25) is 14.4 Å². The summed E-state index contributed by atoms with van der Waals surface area (Å²) in [6.07, 6.45) is 1.44. The molecule has 3 atom stereocenters. The fraction of sp³-hybridized carbons (Fsp3) is 0.462. The second kappa shape index (κ2) is 8.74. The first-order valence-corrected chi connectivity index (χ1v) is 12.0. The third-order valence-corrected chi connectivity index (χ3v) is 7.32. The molecule has 0 saturated carbocycles. The Labute approximate surface area is 198 Å². The maximum atomic E-state index is 13.0. The van der Waals surface area contributed by atoms with E-state index in [0.717, 1.165) is 17.7 Å². The molecule has 1 N–H and O–H groups in total. The first kappa shape index (κ1) is 22.4. The molecule has 0 unspecified atom stereocenters. The highest BCUT2D eigenvalue weighted by Gasteiger charge is 2.40. The fourth-order valence-electron chi connectivity index (χ4n) is 5.51. The van der Waals surface area contributed by atoms with Crippen LogP contribution in [0.15, 0.2) is 47.3 Å².